The molecule has 3 heteroatoms. The van der Waals surface area contributed by atoms with Crippen LogP contribution in [0.15, 0.2) is 18.2 Å². The standard InChI is InChI=1S/C15H20N2O/c1-2-10-17-14-7-3-6-13-12(14)5-4-8-15(13)18-11-9-16/h4-5,8,14,17H,2-3,6-7,10-11H2,1H3. The average Bonchev–Trinajstić information content (AvgIpc) is 2.42. The number of nitrogens with one attached hydrogen (secondary N) is 1. The van der Waals surface area contributed by atoms with E-state index in [0.29, 0.717) is 6.04 Å². The van der Waals surface area contributed by atoms with Crippen LogP contribution in [0.1, 0.15) is 43.4 Å². The number of hydrogen-bond donors (Lipinski definition) is 1. The van der Waals surface area contributed by atoms with Crippen molar-refractivity contribution in [1.29, 1.82) is 5.26 Å². The zero-order valence-corrected chi connectivity index (χ0v) is 10.9. The summed E-state index contributed by atoms with van der Waals surface area (Å²) in [5, 5.41) is 12.2. The number of fused-ring (bicyclic) bond motifs is 1. The molecular formula is C15H20N2O. The average molecular weight is 244 g/mol. The van der Waals surface area contributed by atoms with Gasteiger partial charge in [0.1, 0.15) is 11.8 Å². The molecule has 1 aromatic rings. The van der Waals surface area contributed by atoms with Gasteiger partial charge in [0, 0.05) is 6.04 Å². The smallest absolute Gasteiger partial charge is 0.174 e. The predicted molar refractivity (Wildman–Crippen MR) is 71.5 cm³/mol. The highest BCUT2D eigenvalue weighted by Gasteiger charge is 2.22. The van der Waals surface area contributed by atoms with Crippen LogP contribution in [0.5, 0.6) is 5.75 Å². The molecule has 0 heterocycles. The Labute approximate surface area is 109 Å². The molecule has 0 fully saturated rings. The van der Waals surface area contributed by atoms with Crippen molar-refractivity contribution in [2.45, 2.75) is 38.6 Å². The van der Waals surface area contributed by atoms with Crippen LogP contribution < -0.4 is 10.1 Å². The molecule has 1 unspecified atom stereocenters. The Morgan fingerprint density at radius 2 is 2.39 bits per heavy atom. The van der Waals surface area contributed by atoms with Gasteiger partial charge < -0.3 is 10.1 Å². The number of hydrogen-bond acceptors (Lipinski definition) is 3. The predicted octanol–water partition coefficient (Wildman–Crippen LogP) is 2.97. The molecular weight excluding hydrogens is 224 g/mol. The number of ether oxygens (including phenoxy) is 1. The molecule has 0 saturated heterocycles. The molecule has 0 aliphatic heterocycles. The van der Waals surface area contributed by atoms with E-state index in [0.717, 1.165) is 25.1 Å². The first kappa shape index (κ1) is 12.9. The second-order valence-electron chi connectivity index (χ2n) is 4.67. The maximum atomic E-state index is 8.61. The molecule has 0 saturated carbocycles. The molecule has 0 spiro atoms. The minimum absolute atomic E-state index is 0.128. The van der Waals surface area contributed by atoms with Gasteiger partial charge in [-0.25, -0.2) is 0 Å². The lowest BCUT2D eigenvalue weighted by molar-refractivity contribution is 0.357. The summed E-state index contributed by atoms with van der Waals surface area (Å²) in [6.45, 7) is 3.36. The first-order chi connectivity index (χ1) is 8.86. The Kier molecular flexibility index (Phi) is 4.60. The van der Waals surface area contributed by atoms with Gasteiger partial charge >= 0.3 is 0 Å². The van der Waals surface area contributed by atoms with E-state index in [1.807, 2.05) is 18.2 Å². The lowest BCUT2D eigenvalue weighted by Crippen LogP contribution is -2.26. The van der Waals surface area contributed by atoms with E-state index in [-0.39, 0.29) is 6.61 Å². The van der Waals surface area contributed by atoms with Crippen LogP contribution in [0.25, 0.3) is 0 Å². The fourth-order valence-corrected chi connectivity index (χ4v) is 2.59. The highest BCUT2D eigenvalue weighted by molar-refractivity contribution is 5.43. The summed E-state index contributed by atoms with van der Waals surface area (Å²) in [7, 11) is 0. The van der Waals surface area contributed by atoms with Crippen molar-refractivity contribution in [2.24, 2.45) is 0 Å². The van der Waals surface area contributed by atoms with Gasteiger partial charge in [-0.15, -0.1) is 0 Å². The summed E-state index contributed by atoms with van der Waals surface area (Å²) >= 11 is 0. The topological polar surface area (TPSA) is 45.0 Å². The van der Waals surface area contributed by atoms with Crippen molar-refractivity contribution in [3.63, 3.8) is 0 Å². The van der Waals surface area contributed by atoms with Crippen molar-refractivity contribution in [1.82, 2.24) is 5.32 Å². The number of nitriles is 1. The summed E-state index contributed by atoms with van der Waals surface area (Å²) in [6.07, 6.45) is 4.58. The first-order valence-electron chi connectivity index (χ1n) is 6.71. The number of rotatable bonds is 5. The molecule has 1 atom stereocenters. The highest BCUT2D eigenvalue weighted by atomic mass is 16.5. The number of nitrogens with zero attached hydrogens (tertiary/aromatic N) is 1. The van der Waals surface area contributed by atoms with E-state index in [1.54, 1.807) is 0 Å². The molecule has 0 amide bonds. The van der Waals surface area contributed by atoms with Crippen molar-refractivity contribution < 1.29 is 4.74 Å². The minimum atomic E-state index is 0.128. The monoisotopic (exact) mass is 244 g/mol. The Bertz CT molecular complexity index is 437. The molecule has 2 rings (SSSR count). The quantitative estimate of drug-likeness (QED) is 0.866. The highest BCUT2D eigenvalue weighted by Crippen LogP contribution is 2.35. The third-order valence-corrected chi connectivity index (χ3v) is 3.40. The summed E-state index contributed by atoms with van der Waals surface area (Å²) in [5.74, 6) is 0.886. The van der Waals surface area contributed by atoms with Crippen LogP contribution in [0, 0.1) is 11.3 Å². The molecule has 0 aromatic heterocycles. The van der Waals surface area contributed by atoms with Crippen molar-refractivity contribution >= 4 is 0 Å². The van der Waals surface area contributed by atoms with Crippen molar-refractivity contribution in [2.75, 3.05) is 13.2 Å². The third-order valence-electron chi connectivity index (χ3n) is 3.40. The Morgan fingerprint density at radius 1 is 1.50 bits per heavy atom. The van der Waals surface area contributed by atoms with Crippen LogP contribution in [0.2, 0.25) is 0 Å². The molecule has 96 valence electrons. The van der Waals surface area contributed by atoms with Crippen LogP contribution in [-0.2, 0) is 6.42 Å². The molecule has 1 N–H and O–H groups in total. The Balaban J connectivity index is 2.20. The van der Waals surface area contributed by atoms with Gasteiger partial charge in [-0.3, -0.25) is 0 Å². The minimum Gasteiger partial charge on any atom is -0.478 e. The third kappa shape index (κ3) is 2.83. The maximum Gasteiger partial charge on any atom is 0.174 e. The molecule has 18 heavy (non-hydrogen) atoms. The fraction of sp³-hybridized carbons (Fsp3) is 0.533. The van der Waals surface area contributed by atoms with E-state index in [4.69, 9.17) is 10.00 Å². The van der Waals surface area contributed by atoms with Crippen molar-refractivity contribution in [3.05, 3.63) is 29.3 Å². The lowest BCUT2D eigenvalue weighted by atomic mass is 9.87. The van der Waals surface area contributed by atoms with Gasteiger partial charge in [-0.1, -0.05) is 19.1 Å². The van der Waals surface area contributed by atoms with E-state index >= 15 is 0 Å². The number of benzene rings is 1. The van der Waals surface area contributed by atoms with E-state index in [1.165, 1.54) is 24.0 Å². The molecule has 0 radical (unpaired) electrons. The van der Waals surface area contributed by atoms with E-state index in [9.17, 15) is 0 Å². The van der Waals surface area contributed by atoms with Crippen LogP contribution >= 0.6 is 0 Å². The maximum absolute atomic E-state index is 8.61. The van der Waals surface area contributed by atoms with Crippen molar-refractivity contribution in [3.8, 4) is 11.8 Å². The summed E-state index contributed by atoms with van der Waals surface area (Å²) in [4.78, 5) is 0. The zero-order valence-electron chi connectivity index (χ0n) is 10.9. The van der Waals surface area contributed by atoms with Crippen LogP contribution in [-0.4, -0.2) is 13.2 Å². The summed E-state index contributed by atoms with van der Waals surface area (Å²) < 4.78 is 5.52. The summed E-state index contributed by atoms with van der Waals surface area (Å²) in [5.41, 5.74) is 2.64. The van der Waals surface area contributed by atoms with Gasteiger partial charge in [0.25, 0.3) is 0 Å². The van der Waals surface area contributed by atoms with Gasteiger partial charge in [0.15, 0.2) is 6.61 Å². The second-order valence-corrected chi connectivity index (χ2v) is 4.67. The molecule has 1 aliphatic carbocycles. The molecule has 0 bridgehead atoms. The van der Waals surface area contributed by atoms with Crippen LogP contribution in [0.3, 0.4) is 0 Å². The van der Waals surface area contributed by atoms with Gasteiger partial charge in [0.05, 0.1) is 0 Å². The van der Waals surface area contributed by atoms with Gasteiger partial charge in [0.2, 0.25) is 0 Å². The fourth-order valence-electron chi connectivity index (χ4n) is 2.59. The molecule has 1 aliphatic rings. The normalized spacial score (nSPS) is 17.9. The molecule has 3 nitrogen and oxygen atoms in total. The van der Waals surface area contributed by atoms with Gasteiger partial charge in [-0.05, 0) is 49.4 Å². The lowest BCUT2D eigenvalue weighted by Gasteiger charge is -2.27. The van der Waals surface area contributed by atoms with E-state index < -0.39 is 0 Å². The Hall–Kier alpha value is -1.53. The SMILES string of the molecule is CCCNC1CCCc2c(OCC#N)cccc21. The Morgan fingerprint density at radius 3 is 3.17 bits per heavy atom. The zero-order chi connectivity index (χ0) is 12.8. The van der Waals surface area contributed by atoms with Crippen LogP contribution in [0.4, 0.5) is 0 Å². The first-order valence-corrected chi connectivity index (χ1v) is 6.71. The largest absolute Gasteiger partial charge is 0.478 e. The van der Waals surface area contributed by atoms with E-state index in [2.05, 4.69) is 18.3 Å². The second kappa shape index (κ2) is 6.42. The molecule has 1 aromatic carbocycles. The van der Waals surface area contributed by atoms with Gasteiger partial charge in [-0.2, -0.15) is 5.26 Å². The summed E-state index contributed by atoms with van der Waals surface area (Å²) in [6, 6.07) is 8.65.